The lowest BCUT2D eigenvalue weighted by Gasteiger charge is -2.05. The molecule has 0 radical (unpaired) electrons. The van der Waals surface area contributed by atoms with Gasteiger partial charge in [-0.15, -0.1) is 0 Å². The molecule has 0 heterocycles. The maximum atomic E-state index is 5.73. The second-order valence-electron chi connectivity index (χ2n) is 5.43. The minimum absolute atomic E-state index is 0.786. The van der Waals surface area contributed by atoms with Crippen molar-refractivity contribution in [3.05, 3.63) is 54.1 Å². The molecule has 0 spiro atoms. The second-order valence-corrected chi connectivity index (χ2v) is 5.43. The highest BCUT2D eigenvalue weighted by molar-refractivity contribution is 5.82. The van der Waals surface area contributed by atoms with E-state index in [1.807, 2.05) is 54.7 Å². The van der Waals surface area contributed by atoms with E-state index in [2.05, 4.69) is 11.9 Å². The van der Waals surface area contributed by atoms with Crippen molar-refractivity contribution >= 4 is 11.9 Å². The van der Waals surface area contributed by atoms with Gasteiger partial charge in [-0.1, -0.05) is 26.2 Å². The van der Waals surface area contributed by atoms with Crippen molar-refractivity contribution in [3.63, 3.8) is 0 Å². The zero-order valence-corrected chi connectivity index (χ0v) is 14.0. The SMILES string of the molecule is CCCCCCOc1ccc(N=Cc2ccc(OC)cc2)cc1. The van der Waals surface area contributed by atoms with Crippen LogP contribution in [0.4, 0.5) is 5.69 Å². The molecule has 0 atom stereocenters. The van der Waals surface area contributed by atoms with Crippen molar-refractivity contribution in [3.8, 4) is 11.5 Å². The molecule has 0 aliphatic rings. The van der Waals surface area contributed by atoms with Gasteiger partial charge in [-0.05, 0) is 60.5 Å². The van der Waals surface area contributed by atoms with E-state index in [-0.39, 0.29) is 0 Å². The summed E-state index contributed by atoms with van der Waals surface area (Å²) >= 11 is 0. The van der Waals surface area contributed by atoms with Gasteiger partial charge in [0.2, 0.25) is 0 Å². The first-order chi connectivity index (χ1) is 11.3. The molecule has 0 saturated carbocycles. The summed E-state index contributed by atoms with van der Waals surface area (Å²) in [5.41, 5.74) is 1.96. The lowest BCUT2D eigenvalue weighted by molar-refractivity contribution is 0.305. The Morgan fingerprint density at radius 1 is 0.870 bits per heavy atom. The zero-order valence-electron chi connectivity index (χ0n) is 14.0. The number of methoxy groups -OCH3 is 1. The van der Waals surface area contributed by atoms with Gasteiger partial charge in [0, 0.05) is 6.21 Å². The summed E-state index contributed by atoms with van der Waals surface area (Å²) in [4.78, 5) is 4.47. The van der Waals surface area contributed by atoms with E-state index < -0.39 is 0 Å². The van der Waals surface area contributed by atoms with Gasteiger partial charge in [0.15, 0.2) is 0 Å². The highest BCUT2D eigenvalue weighted by Gasteiger charge is 1.95. The fraction of sp³-hybridized carbons (Fsp3) is 0.350. The van der Waals surface area contributed by atoms with Crippen LogP contribution in [0.5, 0.6) is 11.5 Å². The van der Waals surface area contributed by atoms with Crippen LogP contribution < -0.4 is 9.47 Å². The van der Waals surface area contributed by atoms with Crippen LogP contribution in [0.3, 0.4) is 0 Å². The van der Waals surface area contributed by atoms with E-state index in [4.69, 9.17) is 9.47 Å². The highest BCUT2D eigenvalue weighted by atomic mass is 16.5. The maximum absolute atomic E-state index is 5.73. The van der Waals surface area contributed by atoms with Gasteiger partial charge in [-0.3, -0.25) is 4.99 Å². The van der Waals surface area contributed by atoms with Crippen molar-refractivity contribution in [2.45, 2.75) is 32.6 Å². The van der Waals surface area contributed by atoms with Gasteiger partial charge in [0.1, 0.15) is 11.5 Å². The van der Waals surface area contributed by atoms with Crippen LogP contribution in [0.2, 0.25) is 0 Å². The largest absolute Gasteiger partial charge is 0.497 e. The minimum atomic E-state index is 0.786. The lowest BCUT2D eigenvalue weighted by atomic mass is 10.2. The fourth-order valence-electron chi connectivity index (χ4n) is 2.19. The Hall–Kier alpha value is -2.29. The molecule has 0 bridgehead atoms. The third kappa shape index (κ3) is 6.15. The summed E-state index contributed by atoms with van der Waals surface area (Å²) in [5, 5.41) is 0. The quantitative estimate of drug-likeness (QED) is 0.458. The Balaban J connectivity index is 1.82. The van der Waals surface area contributed by atoms with E-state index in [0.29, 0.717) is 0 Å². The number of benzene rings is 2. The Morgan fingerprint density at radius 3 is 2.22 bits per heavy atom. The van der Waals surface area contributed by atoms with Gasteiger partial charge in [-0.25, -0.2) is 0 Å². The molecule has 0 aromatic heterocycles. The van der Waals surface area contributed by atoms with E-state index in [9.17, 15) is 0 Å². The standard InChI is InChI=1S/C20H25NO2/c1-3-4-5-6-15-23-20-13-9-18(10-14-20)21-16-17-7-11-19(22-2)12-8-17/h7-14,16H,3-6,15H2,1-2H3. The number of aliphatic imine (C=N–C) groups is 1. The first-order valence-corrected chi connectivity index (χ1v) is 8.23. The molecule has 3 nitrogen and oxygen atoms in total. The predicted molar refractivity (Wildman–Crippen MR) is 96.3 cm³/mol. The monoisotopic (exact) mass is 311 g/mol. The zero-order chi connectivity index (χ0) is 16.3. The van der Waals surface area contributed by atoms with Crippen LogP contribution in [-0.4, -0.2) is 19.9 Å². The molecule has 0 N–H and O–H groups in total. The van der Waals surface area contributed by atoms with Crippen molar-refractivity contribution in [2.24, 2.45) is 4.99 Å². The molecule has 122 valence electrons. The normalized spacial score (nSPS) is 10.9. The molecule has 0 aliphatic carbocycles. The predicted octanol–water partition coefficient (Wildman–Crippen LogP) is 5.40. The van der Waals surface area contributed by atoms with Crippen molar-refractivity contribution < 1.29 is 9.47 Å². The molecular formula is C20H25NO2. The van der Waals surface area contributed by atoms with Gasteiger partial charge < -0.3 is 9.47 Å². The molecule has 3 heteroatoms. The molecule has 0 unspecified atom stereocenters. The Bertz CT molecular complexity index is 588. The molecule has 0 aliphatic heterocycles. The molecule has 0 saturated heterocycles. The Kier molecular flexibility index (Phi) is 7.18. The van der Waals surface area contributed by atoms with Crippen LogP contribution >= 0.6 is 0 Å². The van der Waals surface area contributed by atoms with Gasteiger partial charge in [0.05, 0.1) is 19.4 Å². The van der Waals surface area contributed by atoms with Crippen LogP contribution in [0, 0.1) is 0 Å². The number of ether oxygens (including phenoxy) is 2. The summed E-state index contributed by atoms with van der Waals surface area (Å²) in [6.07, 6.45) is 6.73. The minimum Gasteiger partial charge on any atom is -0.497 e. The van der Waals surface area contributed by atoms with Crippen molar-refractivity contribution in [2.75, 3.05) is 13.7 Å². The third-order valence-electron chi connectivity index (χ3n) is 3.58. The summed E-state index contributed by atoms with van der Waals surface area (Å²) in [7, 11) is 1.66. The average Bonchev–Trinajstić information content (AvgIpc) is 2.61. The van der Waals surface area contributed by atoms with Crippen LogP contribution in [0.15, 0.2) is 53.5 Å². The third-order valence-corrected chi connectivity index (χ3v) is 3.58. The maximum Gasteiger partial charge on any atom is 0.119 e. The second kappa shape index (κ2) is 9.67. The number of hydrogen-bond acceptors (Lipinski definition) is 3. The first-order valence-electron chi connectivity index (χ1n) is 8.23. The molecule has 2 aromatic rings. The molecule has 0 fully saturated rings. The van der Waals surface area contributed by atoms with E-state index in [0.717, 1.165) is 35.8 Å². The number of unbranched alkanes of at least 4 members (excludes halogenated alkanes) is 3. The van der Waals surface area contributed by atoms with Crippen LogP contribution in [0.1, 0.15) is 38.2 Å². The summed E-state index contributed by atoms with van der Waals surface area (Å²) < 4.78 is 10.9. The molecular weight excluding hydrogens is 286 g/mol. The first kappa shape index (κ1) is 17.1. The fourth-order valence-corrected chi connectivity index (χ4v) is 2.19. The highest BCUT2D eigenvalue weighted by Crippen LogP contribution is 2.19. The summed E-state index contributed by atoms with van der Waals surface area (Å²) in [6.45, 7) is 3.00. The van der Waals surface area contributed by atoms with Gasteiger partial charge >= 0.3 is 0 Å². The van der Waals surface area contributed by atoms with E-state index >= 15 is 0 Å². The van der Waals surface area contributed by atoms with E-state index in [1.165, 1.54) is 19.3 Å². The lowest BCUT2D eigenvalue weighted by Crippen LogP contribution is -1.96. The van der Waals surface area contributed by atoms with Crippen LogP contribution in [0.25, 0.3) is 0 Å². The average molecular weight is 311 g/mol. The van der Waals surface area contributed by atoms with Crippen LogP contribution in [-0.2, 0) is 0 Å². The number of nitrogens with zero attached hydrogens (tertiary/aromatic N) is 1. The Morgan fingerprint density at radius 2 is 1.57 bits per heavy atom. The topological polar surface area (TPSA) is 30.8 Å². The molecule has 23 heavy (non-hydrogen) atoms. The number of hydrogen-bond donors (Lipinski definition) is 0. The summed E-state index contributed by atoms with van der Waals surface area (Å²) in [5.74, 6) is 1.76. The molecule has 2 rings (SSSR count). The Labute approximate surface area is 139 Å². The van der Waals surface area contributed by atoms with Crippen molar-refractivity contribution in [1.82, 2.24) is 0 Å². The molecule has 2 aromatic carbocycles. The van der Waals surface area contributed by atoms with Crippen molar-refractivity contribution in [1.29, 1.82) is 0 Å². The smallest absolute Gasteiger partial charge is 0.119 e. The van der Waals surface area contributed by atoms with Gasteiger partial charge in [0.25, 0.3) is 0 Å². The summed E-state index contributed by atoms with van der Waals surface area (Å²) in [6, 6.07) is 15.7. The number of rotatable bonds is 9. The molecule has 0 amide bonds. The van der Waals surface area contributed by atoms with E-state index in [1.54, 1.807) is 7.11 Å². The van der Waals surface area contributed by atoms with Gasteiger partial charge in [-0.2, -0.15) is 0 Å².